The summed E-state index contributed by atoms with van der Waals surface area (Å²) in [7, 11) is 2.10. The molecule has 0 fully saturated rings. The van der Waals surface area contributed by atoms with Crippen molar-refractivity contribution in [3.05, 3.63) is 0 Å². The molecule has 0 aliphatic carbocycles. The molecule has 0 heterocycles. The Bertz CT molecular complexity index is 126. The Morgan fingerprint density at radius 3 is 2.31 bits per heavy atom. The third-order valence-corrected chi connectivity index (χ3v) is 2.68. The third-order valence-electron chi connectivity index (χ3n) is 2.68. The molecule has 0 atom stereocenters. The van der Waals surface area contributed by atoms with Gasteiger partial charge in [-0.3, -0.25) is 4.90 Å². The van der Waals surface area contributed by atoms with Gasteiger partial charge in [-0.1, -0.05) is 0 Å². The van der Waals surface area contributed by atoms with E-state index in [1.54, 1.807) is 0 Å². The van der Waals surface area contributed by atoms with Crippen molar-refractivity contribution in [2.24, 2.45) is 5.73 Å². The second kappa shape index (κ2) is 6.35. The SMILES string of the molecule is CN(CCCCCO)C(C)(C)CN. The molecule has 0 aromatic heterocycles. The number of hydrogen-bond donors (Lipinski definition) is 2. The molecule has 0 rings (SSSR count). The van der Waals surface area contributed by atoms with Crippen LogP contribution in [0.5, 0.6) is 0 Å². The van der Waals surface area contributed by atoms with Gasteiger partial charge in [0.2, 0.25) is 0 Å². The Morgan fingerprint density at radius 2 is 1.85 bits per heavy atom. The summed E-state index contributed by atoms with van der Waals surface area (Å²) in [5.41, 5.74) is 5.75. The molecule has 3 N–H and O–H groups in total. The number of nitrogens with two attached hydrogens (primary N) is 1. The summed E-state index contributed by atoms with van der Waals surface area (Å²) in [6.45, 7) is 6.36. The molecule has 0 spiro atoms. The maximum Gasteiger partial charge on any atom is 0.0431 e. The highest BCUT2D eigenvalue weighted by atomic mass is 16.2. The minimum absolute atomic E-state index is 0.0964. The average Bonchev–Trinajstić information content (AvgIpc) is 2.12. The molecule has 0 aromatic carbocycles. The molecule has 13 heavy (non-hydrogen) atoms. The number of rotatable bonds is 7. The summed E-state index contributed by atoms with van der Waals surface area (Å²) in [5.74, 6) is 0. The number of hydrogen-bond acceptors (Lipinski definition) is 3. The summed E-state index contributed by atoms with van der Waals surface area (Å²) >= 11 is 0. The minimum atomic E-state index is 0.0964. The van der Waals surface area contributed by atoms with E-state index in [0.717, 1.165) is 25.8 Å². The summed E-state index contributed by atoms with van der Waals surface area (Å²) in [5, 5.41) is 8.60. The summed E-state index contributed by atoms with van der Waals surface area (Å²) < 4.78 is 0. The quantitative estimate of drug-likeness (QED) is 0.582. The second-order valence-corrected chi connectivity index (χ2v) is 4.22. The highest BCUT2D eigenvalue weighted by Gasteiger charge is 2.20. The van der Waals surface area contributed by atoms with E-state index in [-0.39, 0.29) is 5.54 Å². The van der Waals surface area contributed by atoms with Gasteiger partial charge in [-0.25, -0.2) is 0 Å². The molecule has 0 aliphatic rings. The van der Waals surface area contributed by atoms with Gasteiger partial charge in [0.25, 0.3) is 0 Å². The van der Waals surface area contributed by atoms with Gasteiger partial charge in [-0.05, 0) is 46.7 Å². The van der Waals surface area contributed by atoms with Crippen molar-refractivity contribution in [3.8, 4) is 0 Å². The van der Waals surface area contributed by atoms with E-state index < -0.39 is 0 Å². The highest BCUT2D eigenvalue weighted by molar-refractivity contribution is 4.79. The molecule has 0 radical (unpaired) electrons. The van der Waals surface area contributed by atoms with Gasteiger partial charge in [-0.2, -0.15) is 0 Å². The lowest BCUT2D eigenvalue weighted by atomic mass is 10.0. The molecule has 80 valence electrons. The Balaban J connectivity index is 3.55. The number of unbranched alkanes of at least 4 members (excludes halogenated alkanes) is 2. The van der Waals surface area contributed by atoms with E-state index in [1.165, 1.54) is 0 Å². The van der Waals surface area contributed by atoms with E-state index in [9.17, 15) is 0 Å². The summed E-state index contributed by atoms with van der Waals surface area (Å²) in [6.07, 6.45) is 3.15. The Morgan fingerprint density at radius 1 is 1.23 bits per heavy atom. The van der Waals surface area contributed by atoms with Crippen LogP contribution < -0.4 is 5.73 Å². The molecule has 3 heteroatoms. The maximum atomic E-state index is 8.60. The largest absolute Gasteiger partial charge is 0.396 e. The zero-order valence-electron chi connectivity index (χ0n) is 9.21. The molecule has 0 aromatic rings. The van der Waals surface area contributed by atoms with Crippen LogP contribution in [0.1, 0.15) is 33.1 Å². The Kier molecular flexibility index (Phi) is 6.29. The molecule has 0 saturated heterocycles. The molecule has 0 aliphatic heterocycles. The first-order chi connectivity index (χ1) is 6.04. The smallest absolute Gasteiger partial charge is 0.0431 e. The lowest BCUT2D eigenvalue weighted by Crippen LogP contribution is -2.47. The van der Waals surface area contributed by atoms with Crippen LogP contribution in [0.25, 0.3) is 0 Å². The van der Waals surface area contributed by atoms with Crippen LogP contribution in [-0.4, -0.2) is 42.3 Å². The molecular weight excluding hydrogens is 164 g/mol. The van der Waals surface area contributed by atoms with Crippen LogP contribution in [0.4, 0.5) is 0 Å². The van der Waals surface area contributed by atoms with Crippen LogP contribution >= 0.6 is 0 Å². The van der Waals surface area contributed by atoms with Crippen molar-refractivity contribution in [2.45, 2.75) is 38.6 Å². The van der Waals surface area contributed by atoms with E-state index >= 15 is 0 Å². The van der Waals surface area contributed by atoms with Crippen molar-refractivity contribution in [1.82, 2.24) is 4.90 Å². The van der Waals surface area contributed by atoms with Crippen LogP contribution in [0.2, 0.25) is 0 Å². The van der Waals surface area contributed by atoms with Crippen molar-refractivity contribution < 1.29 is 5.11 Å². The zero-order valence-corrected chi connectivity index (χ0v) is 9.21. The first-order valence-electron chi connectivity index (χ1n) is 5.07. The van der Waals surface area contributed by atoms with Crippen LogP contribution in [0, 0.1) is 0 Å². The first kappa shape index (κ1) is 12.9. The van der Waals surface area contributed by atoms with E-state index in [1.807, 2.05) is 0 Å². The van der Waals surface area contributed by atoms with Crippen molar-refractivity contribution in [2.75, 3.05) is 26.7 Å². The normalized spacial score (nSPS) is 12.5. The molecule has 0 saturated carbocycles. The van der Waals surface area contributed by atoms with Crippen LogP contribution in [0.3, 0.4) is 0 Å². The standard InChI is InChI=1S/C10H24N2O/c1-10(2,9-11)12(3)7-5-4-6-8-13/h13H,4-9,11H2,1-3H3. The molecule has 0 bridgehead atoms. The van der Waals surface area contributed by atoms with Crippen molar-refractivity contribution in [1.29, 1.82) is 0 Å². The van der Waals surface area contributed by atoms with Crippen molar-refractivity contribution >= 4 is 0 Å². The number of likely N-dealkylation sites (N-methyl/N-ethyl adjacent to an activating group) is 1. The van der Waals surface area contributed by atoms with Crippen LogP contribution in [-0.2, 0) is 0 Å². The fourth-order valence-corrected chi connectivity index (χ4v) is 1.10. The fourth-order valence-electron chi connectivity index (χ4n) is 1.10. The highest BCUT2D eigenvalue weighted by Crippen LogP contribution is 2.11. The predicted octanol–water partition coefficient (Wildman–Crippen LogP) is 0.818. The summed E-state index contributed by atoms with van der Waals surface area (Å²) in [6, 6.07) is 0. The first-order valence-corrected chi connectivity index (χ1v) is 5.07. The topological polar surface area (TPSA) is 49.5 Å². The van der Waals surface area contributed by atoms with Gasteiger partial charge >= 0.3 is 0 Å². The van der Waals surface area contributed by atoms with Gasteiger partial charge in [0, 0.05) is 18.7 Å². The van der Waals surface area contributed by atoms with E-state index in [4.69, 9.17) is 10.8 Å². The number of nitrogens with zero attached hydrogens (tertiary/aromatic N) is 1. The predicted molar refractivity (Wildman–Crippen MR) is 56.7 cm³/mol. The lowest BCUT2D eigenvalue weighted by Gasteiger charge is -2.34. The maximum absolute atomic E-state index is 8.60. The van der Waals surface area contributed by atoms with Gasteiger partial charge in [0.15, 0.2) is 0 Å². The molecule has 0 unspecified atom stereocenters. The lowest BCUT2D eigenvalue weighted by molar-refractivity contribution is 0.159. The van der Waals surface area contributed by atoms with Gasteiger partial charge < -0.3 is 10.8 Å². The monoisotopic (exact) mass is 188 g/mol. The van der Waals surface area contributed by atoms with E-state index in [2.05, 4.69) is 25.8 Å². The third kappa shape index (κ3) is 5.24. The number of aliphatic hydroxyl groups is 1. The second-order valence-electron chi connectivity index (χ2n) is 4.22. The minimum Gasteiger partial charge on any atom is -0.396 e. The van der Waals surface area contributed by atoms with Gasteiger partial charge in [0.1, 0.15) is 0 Å². The Hall–Kier alpha value is -0.120. The summed E-state index contributed by atoms with van der Waals surface area (Å²) in [4.78, 5) is 2.28. The van der Waals surface area contributed by atoms with E-state index in [0.29, 0.717) is 13.2 Å². The van der Waals surface area contributed by atoms with Crippen LogP contribution in [0.15, 0.2) is 0 Å². The average molecular weight is 188 g/mol. The molecular formula is C10H24N2O. The van der Waals surface area contributed by atoms with Crippen molar-refractivity contribution in [3.63, 3.8) is 0 Å². The fraction of sp³-hybridized carbons (Fsp3) is 1.00. The molecule has 3 nitrogen and oxygen atoms in total. The zero-order chi connectivity index (χ0) is 10.3. The number of aliphatic hydroxyl groups excluding tert-OH is 1. The Labute approximate surface area is 81.9 Å². The van der Waals surface area contributed by atoms with Gasteiger partial charge in [0.05, 0.1) is 0 Å². The van der Waals surface area contributed by atoms with Gasteiger partial charge in [-0.15, -0.1) is 0 Å². The molecule has 0 amide bonds.